The highest BCUT2D eigenvalue weighted by Gasteiger charge is 2.12. The SMILES string of the molecule is Cc1c(O)cc([N+](=O)[O-])cc1C=O. The van der Waals surface area contributed by atoms with E-state index in [0.717, 1.165) is 12.1 Å². The summed E-state index contributed by atoms with van der Waals surface area (Å²) in [7, 11) is 0. The van der Waals surface area contributed by atoms with Crippen LogP contribution in [0.25, 0.3) is 0 Å². The van der Waals surface area contributed by atoms with Crippen LogP contribution in [-0.2, 0) is 0 Å². The number of carbonyl (C=O) groups excluding carboxylic acids is 1. The van der Waals surface area contributed by atoms with Gasteiger partial charge in [-0.15, -0.1) is 0 Å². The Morgan fingerprint density at radius 1 is 1.54 bits per heavy atom. The van der Waals surface area contributed by atoms with Crippen molar-refractivity contribution in [1.82, 2.24) is 0 Å². The molecule has 0 saturated carbocycles. The number of hydrogen-bond acceptors (Lipinski definition) is 4. The Bertz CT molecular complexity index is 373. The Balaban J connectivity index is 3.38. The van der Waals surface area contributed by atoms with Gasteiger partial charge in [0.1, 0.15) is 5.75 Å². The highest BCUT2D eigenvalue weighted by Crippen LogP contribution is 2.25. The number of nitro groups is 1. The second-order valence-electron chi connectivity index (χ2n) is 2.55. The number of aldehydes is 1. The molecule has 0 amide bonds. The first-order valence-electron chi connectivity index (χ1n) is 3.49. The van der Waals surface area contributed by atoms with Gasteiger partial charge in [-0.2, -0.15) is 0 Å². The van der Waals surface area contributed by atoms with E-state index >= 15 is 0 Å². The van der Waals surface area contributed by atoms with Crippen molar-refractivity contribution in [3.05, 3.63) is 33.4 Å². The Kier molecular flexibility index (Phi) is 2.27. The zero-order valence-corrected chi connectivity index (χ0v) is 6.85. The molecule has 5 nitrogen and oxygen atoms in total. The van der Waals surface area contributed by atoms with Crippen molar-refractivity contribution >= 4 is 12.0 Å². The molecule has 5 heteroatoms. The van der Waals surface area contributed by atoms with Gasteiger partial charge in [-0.25, -0.2) is 0 Å². The number of aromatic hydroxyl groups is 1. The third-order valence-corrected chi connectivity index (χ3v) is 1.74. The normalized spacial score (nSPS) is 9.62. The zero-order chi connectivity index (χ0) is 10.0. The first-order valence-corrected chi connectivity index (χ1v) is 3.49. The van der Waals surface area contributed by atoms with Crippen molar-refractivity contribution in [2.45, 2.75) is 6.92 Å². The van der Waals surface area contributed by atoms with E-state index in [4.69, 9.17) is 0 Å². The molecule has 0 atom stereocenters. The van der Waals surface area contributed by atoms with E-state index in [0.29, 0.717) is 11.8 Å². The molecule has 0 aromatic heterocycles. The molecule has 0 saturated heterocycles. The molecule has 68 valence electrons. The largest absolute Gasteiger partial charge is 0.507 e. The molecule has 13 heavy (non-hydrogen) atoms. The molecular formula is C8H7NO4. The Morgan fingerprint density at radius 2 is 2.15 bits per heavy atom. The maximum atomic E-state index is 10.4. The van der Waals surface area contributed by atoms with E-state index in [9.17, 15) is 20.0 Å². The van der Waals surface area contributed by atoms with Gasteiger partial charge in [0.15, 0.2) is 6.29 Å². The lowest BCUT2D eigenvalue weighted by Gasteiger charge is -2.00. The van der Waals surface area contributed by atoms with Crippen LogP contribution in [0, 0.1) is 17.0 Å². The minimum Gasteiger partial charge on any atom is -0.507 e. The maximum absolute atomic E-state index is 10.4. The number of rotatable bonds is 2. The number of hydrogen-bond donors (Lipinski definition) is 1. The van der Waals surface area contributed by atoms with Crippen LogP contribution in [0.2, 0.25) is 0 Å². The van der Waals surface area contributed by atoms with Gasteiger partial charge in [-0.3, -0.25) is 14.9 Å². The maximum Gasteiger partial charge on any atom is 0.273 e. The topological polar surface area (TPSA) is 80.4 Å². The van der Waals surface area contributed by atoms with Crippen molar-refractivity contribution in [2.24, 2.45) is 0 Å². The van der Waals surface area contributed by atoms with Crippen LogP contribution in [0.1, 0.15) is 15.9 Å². The molecule has 0 unspecified atom stereocenters. The summed E-state index contributed by atoms with van der Waals surface area (Å²) in [5.41, 5.74) is 0.192. The molecule has 1 N–H and O–H groups in total. The van der Waals surface area contributed by atoms with E-state index in [1.165, 1.54) is 6.92 Å². The average Bonchev–Trinajstić information content (AvgIpc) is 2.09. The first kappa shape index (κ1) is 9.18. The van der Waals surface area contributed by atoms with E-state index in [2.05, 4.69) is 0 Å². The molecule has 0 aliphatic rings. The second kappa shape index (κ2) is 3.22. The van der Waals surface area contributed by atoms with E-state index in [-0.39, 0.29) is 17.0 Å². The molecule has 1 aromatic rings. The predicted molar refractivity (Wildman–Crippen MR) is 44.9 cm³/mol. The zero-order valence-electron chi connectivity index (χ0n) is 6.85. The number of nitro benzene ring substituents is 1. The molecule has 0 bridgehead atoms. The van der Waals surface area contributed by atoms with Gasteiger partial charge in [-0.1, -0.05) is 0 Å². The molecule has 0 spiro atoms. The van der Waals surface area contributed by atoms with Crippen molar-refractivity contribution in [3.63, 3.8) is 0 Å². The highest BCUT2D eigenvalue weighted by molar-refractivity contribution is 5.80. The third kappa shape index (κ3) is 1.64. The summed E-state index contributed by atoms with van der Waals surface area (Å²) in [6, 6.07) is 2.14. The van der Waals surface area contributed by atoms with Crippen LogP contribution in [-0.4, -0.2) is 16.3 Å². The number of phenols is 1. The minimum atomic E-state index is -0.661. The van der Waals surface area contributed by atoms with Gasteiger partial charge in [0.05, 0.1) is 11.0 Å². The fourth-order valence-corrected chi connectivity index (χ4v) is 0.933. The molecular weight excluding hydrogens is 174 g/mol. The van der Waals surface area contributed by atoms with Crippen molar-refractivity contribution < 1.29 is 14.8 Å². The first-order chi connectivity index (χ1) is 6.06. The quantitative estimate of drug-likeness (QED) is 0.425. The van der Waals surface area contributed by atoms with E-state index < -0.39 is 4.92 Å². The van der Waals surface area contributed by atoms with Crippen LogP contribution in [0.3, 0.4) is 0 Å². The fraction of sp³-hybridized carbons (Fsp3) is 0.125. The molecule has 0 aliphatic heterocycles. The van der Waals surface area contributed by atoms with E-state index in [1.54, 1.807) is 0 Å². The number of carbonyl (C=O) groups is 1. The number of benzene rings is 1. The Morgan fingerprint density at radius 3 is 2.62 bits per heavy atom. The lowest BCUT2D eigenvalue weighted by atomic mass is 10.1. The van der Waals surface area contributed by atoms with Crippen LogP contribution in [0.15, 0.2) is 12.1 Å². The standard InChI is InChI=1S/C8H7NO4/c1-5-6(4-10)2-7(9(12)13)3-8(5)11/h2-4,11H,1H3. The predicted octanol–water partition coefficient (Wildman–Crippen LogP) is 1.42. The fourth-order valence-electron chi connectivity index (χ4n) is 0.933. The van der Waals surface area contributed by atoms with Crippen LogP contribution < -0.4 is 0 Å². The van der Waals surface area contributed by atoms with Crippen molar-refractivity contribution in [1.29, 1.82) is 0 Å². The monoisotopic (exact) mass is 181 g/mol. The van der Waals surface area contributed by atoms with Crippen LogP contribution >= 0.6 is 0 Å². The summed E-state index contributed by atoms with van der Waals surface area (Å²) < 4.78 is 0. The number of non-ortho nitro benzene ring substituents is 1. The molecule has 0 radical (unpaired) electrons. The molecule has 1 rings (SSSR count). The molecule has 0 fully saturated rings. The number of nitrogens with zero attached hydrogens (tertiary/aromatic N) is 1. The van der Waals surface area contributed by atoms with Crippen LogP contribution in [0.4, 0.5) is 5.69 Å². The summed E-state index contributed by atoms with van der Waals surface area (Å²) in [6.45, 7) is 1.52. The van der Waals surface area contributed by atoms with Gasteiger partial charge in [0.2, 0.25) is 0 Å². The van der Waals surface area contributed by atoms with Crippen LogP contribution in [0.5, 0.6) is 5.75 Å². The third-order valence-electron chi connectivity index (χ3n) is 1.74. The van der Waals surface area contributed by atoms with E-state index in [1.807, 2.05) is 0 Å². The highest BCUT2D eigenvalue weighted by atomic mass is 16.6. The molecule has 1 aromatic carbocycles. The molecule has 0 heterocycles. The average molecular weight is 181 g/mol. The lowest BCUT2D eigenvalue weighted by molar-refractivity contribution is -0.385. The van der Waals surface area contributed by atoms with Gasteiger partial charge in [0, 0.05) is 17.2 Å². The van der Waals surface area contributed by atoms with Gasteiger partial charge >= 0.3 is 0 Å². The summed E-state index contributed by atoms with van der Waals surface area (Å²) in [6.07, 6.45) is 0.474. The second-order valence-corrected chi connectivity index (χ2v) is 2.55. The Hall–Kier alpha value is -1.91. The summed E-state index contributed by atoms with van der Waals surface area (Å²) in [5.74, 6) is -0.240. The van der Waals surface area contributed by atoms with Crippen molar-refractivity contribution in [3.8, 4) is 5.75 Å². The minimum absolute atomic E-state index is 0.131. The van der Waals surface area contributed by atoms with Crippen molar-refractivity contribution in [2.75, 3.05) is 0 Å². The van der Waals surface area contributed by atoms with Gasteiger partial charge < -0.3 is 5.11 Å². The lowest BCUT2D eigenvalue weighted by Crippen LogP contribution is -1.93. The molecule has 0 aliphatic carbocycles. The number of phenolic OH excluding ortho intramolecular Hbond substituents is 1. The Labute approximate surface area is 73.8 Å². The van der Waals surface area contributed by atoms with Gasteiger partial charge in [-0.05, 0) is 6.92 Å². The summed E-state index contributed by atoms with van der Waals surface area (Å²) >= 11 is 0. The summed E-state index contributed by atoms with van der Waals surface area (Å²) in [5, 5.41) is 19.5. The van der Waals surface area contributed by atoms with Gasteiger partial charge in [0.25, 0.3) is 5.69 Å². The smallest absolute Gasteiger partial charge is 0.273 e. The summed E-state index contributed by atoms with van der Waals surface area (Å²) in [4.78, 5) is 20.1.